The summed E-state index contributed by atoms with van der Waals surface area (Å²) in [6.07, 6.45) is 7.39. The zero-order valence-corrected chi connectivity index (χ0v) is 11.3. The van der Waals surface area contributed by atoms with E-state index in [4.69, 9.17) is 0 Å². The first-order valence-corrected chi connectivity index (χ1v) is 6.79. The summed E-state index contributed by atoms with van der Waals surface area (Å²) in [7, 11) is 1.42. The minimum absolute atomic E-state index is 0.143. The Hall–Kier alpha value is -1.77. The van der Waals surface area contributed by atoms with Crippen LogP contribution in [0.3, 0.4) is 0 Å². The van der Waals surface area contributed by atoms with Crippen molar-refractivity contribution in [3.05, 3.63) is 35.4 Å². The van der Waals surface area contributed by atoms with Gasteiger partial charge in [0.15, 0.2) is 0 Å². The van der Waals surface area contributed by atoms with E-state index in [-0.39, 0.29) is 5.97 Å². The van der Waals surface area contributed by atoms with Crippen LogP contribution in [0.2, 0.25) is 0 Å². The summed E-state index contributed by atoms with van der Waals surface area (Å²) in [4.78, 5) is 11.0. The van der Waals surface area contributed by atoms with Crippen LogP contribution in [0.15, 0.2) is 24.3 Å². The van der Waals surface area contributed by atoms with E-state index >= 15 is 0 Å². The van der Waals surface area contributed by atoms with Crippen molar-refractivity contribution < 1.29 is 14.6 Å². The van der Waals surface area contributed by atoms with Crippen molar-refractivity contribution in [2.45, 2.75) is 38.5 Å². The standard InChI is InChI=1S/C16H20O3/c1-19-16(18)11-3-2-6-12-7-4-9-14-13(12)8-5-10-15(14)17/h5,7-8,10,17H,2-4,6,9,11H2,1H3. The van der Waals surface area contributed by atoms with Gasteiger partial charge in [-0.2, -0.15) is 0 Å². The van der Waals surface area contributed by atoms with Crippen LogP contribution in [0, 0.1) is 0 Å². The molecule has 102 valence electrons. The summed E-state index contributed by atoms with van der Waals surface area (Å²) in [5.74, 6) is 0.258. The molecule has 0 amide bonds. The zero-order valence-electron chi connectivity index (χ0n) is 11.3. The number of hydrogen-bond donors (Lipinski definition) is 1. The number of carbonyl (C=O) groups is 1. The molecular weight excluding hydrogens is 240 g/mol. The summed E-state index contributed by atoms with van der Waals surface area (Å²) in [6, 6.07) is 5.71. The van der Waals surface area contributed by atoms with E-state index in [9.17, 15) is 9.90 Å². The number of carbonyl (C=O) groups excluding carboxylic acids is 1. The Labute approximate surface area is 113 Å². The number of methoxy groups -OCH3 is 1. The van der Waals surface area contributed by atoms with Crippen molar-refractivity contribution in [2.75, 3.05) is 7.11 Å². The Bertz CT molecular complexity index is 489. The fraction of sp³-hybridized carbons (Fsp3) is 0.438. The lowest BCUT2D eigenvalue weighted by atomic mass is 9.87. The number of phenolic OH excluding ortho intramolecular Hbond substituents is 1. The second-order valence-corrected chi connectivity index (χ2v) is 4.85. The van der Waals surface area contributed by atoms with E-state index < -0.39 is 0 Å². The predicted octanol–water partition coefficient (Wildman–Crippen LogP) is 3.46. The highest BCUT2D eigenvalue weighted by molar-refractivity contribution is 5.72. The number of unbranched alkanes of at least 4 members (excludes halogenated alkanes) is 1. The fourth-order valence-electron chi connectivity index (χ4n) is 2.56. The zero-order chi connectivity index (χ0) is 13.7. The molecule has 3 nitrogen and oxygen atoms in total. The second-order valence-electron chi connectivity index (χ2n) is 4.85. The Morgan fingerprint density at radius 3 is 3.00 bits per heavy atom. The molecule has 0 fully saturated rings. The molecule has 1 aliphatic carbocycles. The Morgan fingerprint density at radius 2 is 2.21 bits per heavy atom. The van der Waals surface area contributed by atoms with Gasteiger partial charge in [-0.25, -0.2) is 0 Å². The van der Waals surface area contributed by atoms with Gasteiger partial charge in [0, 0.05) is 12.0 Å². The van der Waals surface area contributed by atoms with Gasteiger partial charge in [0.05, 0.1) is 7.11 Å². The summed E-state index contributed by atoms with van der Waals surface area (Å²) < 4.78 is 4.63. The van der Waals surface area contributed by atoms with Gasteiger partial charge >= 0.3 is 5.97 Å². The third-order valence-electron chi connectivity index (χ3n) is 3.59. The quantitative estimate of drug-likeness (QED) is 0.651. The van der Waals surface area contributed by atoms with Gasteiger partial charge in [-0.05, 0) is 49.3 Å². The van der Waals surface area contributed by atoms with Crippen LogP contribution in [0.4, 0.5) is 0 Å². The largest absolute Gasteiger partial charge is 0.508 e. The van der Waals surface area contributed by atoms with E-state index in [1.807, 2.05) is 6.07 Å². The second kappa shape index (κ2) is 6.41. The van der Waals surface area contributed by atoms with Crippen LogP contribution in [0.25, 0.3) is 5.57 Å². The first kappa shape index (κ1) is 13.7. The fourth-order valence-corrected chi connectivity index (χ4v) is 2.56. The number of ether oxygens (including phenoxy) is 1. The number of hydrogen-bond acceptors (Lipinski definition) is 3. The van der Waals surface area contributed by atoms with Gasteiger partial charge in [-0.1, -0.05) is 18.2 Å². The molecular formula is C16H20O3. The Kier molecular flexibility index (Phi) is 4.61. The van der Waals surface area contributed by atoms with Gasteiger partial charge in [0.2, 0.25) is 0 Å². The van der Waals surface area contributed by atoms with Gasteiger partial charge in [-0.3, -0.25) is 4.79 Å². The molecule has 0 aromatic heterocycles. The molecule has 19 heavy (non-hydrogen) atoms. The van der Waals surface area contributed by atoms with Crippen LogP contribution in [-0.4, -0.2) is 18.2 Å². The van der Waals surface area contributed by atoms with E-state index in [0.717, 1.165) is 37.7 Å². The maximum atomic E-state index is 11.0. The number of phenols is 1. The van der Waals surface area contributed by atoms with Gasteiger partial charge in [0.25, 0.3) is 0 Å². The minimum Gasteiger partial charge on any atom is -0.508 e. The van der Waals surface area contributed by atoms with Crippen LogP contribution in [0.5, 0.6) is 5.75 Å². The third kappa shape index (κ3) is 3.37. The Balaban J connectivity index is 1.94. The number of benzene rings is 1. The van der Waals surface area contributed by atoms with Crippen molar-refractivity contribution in [1.29, 1.82) is 0 Å². The first-order chi connectivity index (χ1) is 9.22. The molecule has 1 aliphatic rings. The highest BCUT2D eigenvalue weighted by Crippen LogP contribution is 2.34. The normalized spacial score (nSPS) is 13.6. The Morgan fingerprint density at radius 1 is 1.37 bits per heavy atom. The average molecular weight is 260 g/mol. The maximum absolute atomic E-state index is 11.0. The molecule has 0 atom stereocenters. The summed E-state index contributed by atoms with van der Waals surface area (Å²) in [6.45, 7) is 0. The van der Waals surface area contributed by atoms with E-state index in [1.165, 1.54) is 18.2 Å². The van der Waals surface area contributed by atoms with Crippen molar-refractivity contribution in [1.82, 2.24) is 0 Å². The van der Waals surface area contributed by atoms with E-state index in [1.54, 1.807) is 6.07 Å². The smallest absolute Gasteiger partial charge is 0.305 e. The lowest BCUT2D eigenvalue weighted by Gasteiger charge is -2.18. The predicted molar refractivity (Wildman–Crippen MR) is 74.9 cm³/mol. The van der Waals surface area contributed by atoms with Crippen LogP contribution in [0.1, 0.15) is 43.2 Å². The molecule has 0 aliphatic heterocycles. The molecule has 1 aromatic carbocycles. The highest BCUT2D eigenvalue weighted by Gasteiger charge is 2.15. The van der Waals surface area contributed by atoms with E-state index in [2.05, 4.69) is 16.9 Å². The van der Waals surface area contributed by atoms with Crippen molar-refractivity contribution in [3.63, 3.8) is 0 Å². The van der Waals surface area contributed by atoms with Crippen molar-refractivity contribution in [3.8, 4) is 5.75 Å². The molecule has 0 heterocycles. The molecule has 1 aromatic rings. The van der Waals surface area contributed by atoms with Crippen LogP contribution < -0.4 is 0 Å². The number of fused-ring (bicyclic) bond motifs is 1. The molecule has 1 N–H and O–H groups in total. The average Bonchev–Trinajstić information content (AvgIpc) is 2.44. The van der Waals surface area contributed by atoms with Gasteiger partial charge in [-0.15, -0.1) is 0 Å². The molecule has 3 heteroatoms. The van der Waals surface area contributed by atoms with Crippen molar-refractivity contribution >= 4 is 11.5 Å². The third-order valence-corrected chi connectivity index (χ3v) is 3.59. The molecule has 0 bridgehead atoms. The molecule has 2 rings (SSSR count). The number of rotatable bonds is 5. The summed E-state index contributed by atoms with van der Waals surface area (Å²) >= 11 is 0. The SMILES string of the molecule is COC(=O)CCCCC1=CCCc2c(O)cccc21. The topological polar surface area (TPSA) is 46.5 Å². The van der Waals surface area contributed by atoms with Crippen molar-refractivity contribution in [2.24, 2.45) is 0 Å². The highest BCUT2D eigenvalue weighted by atomic mass is 16.5. The van der Waals surface area contributed by atoms with Gasteiger partial charge in [0.1, 0.15) is 5.75 Å². The lowest BCUT2D eigenvalue weighted by molar-refractivity contribution is -0.140. The van der Waals surface area contributed by atoms with Gasteiger partial charge < -0.3 is 9.84 Å². The summed E-state index contributed by atoms with van der Waals surface area (Å²) in [5.41, 5.74) is 3.53. The minimum atomic E-state index is -0.143. The first-order valence-electron chi connectivity index (χ1n) is 6.79. The van der Waals surface area contributed by atoms with Crippen LogP contribution in [-0.2, 0) is 16.0 Å². The molecule has 0 radical (unpaired) electrons. The molecule has 0 saturated heterocycles. The summed E-state index contributed by atoms with van der Waals surface area (Å²) in [5, 5.41) is 9.86. The number of allylic oxidation sites excluding steroid dienone is 2. The number of aromatic hydroxyl groups is 1. The monoisotopic (exact) mass is 260 g/mol. The lowest BCUT2D eigenvalue weighted by Crippen LogP contribution is -2.02. The molecule has 0 unspecified atom stereocenters. The molecule has 0 saturated carbocycles. The van der Waals surface area contributed by atoms with Crippen LogP contribution >= 0.6 is 0 Å². The maximum Gasteiger partial charge on any atom is 0.305 e. The van der Waals surface area contributed by atoms with E-state index in [0.29, 0.717) is 12.2 Å². The number of esters is 1. The molecule has 0 spiro atoms.